The average Bonchev–Trinajstić information content (AvgIpc) is 3.30. The minimum atomic E-state index is -0.666. The SMILES string of the molecule is CN(CC1Nc2c(N3CCOCC3)nc(-c3ccc(SCCO)cc3)nc2N1C)c1ncc(C(=O)NO)cn1. The lowest BCUT2D eigenvalue weighted by molar-refractivity contribution is 0.0705. The fraction of sp³-hybridized carbons (Fsp3) is 0.400. The zero-order chi connectivity index (χ0) is 27.4. The number of nitrogens with one attached hydrogen (secondary N) is 2. The first-order valence-corrected chi connectivity index (χ1v) is 13.5. The van der Waals surface area contributed by atoms with Crippen molar-refractivity contribution < 1.29 is 19.8 Å². The van der Waals surface area contributed by atoms with Gasteiger partial charge in [-0.3, -0.25) is 10.0 Å². The van der Waals surface area contributed by atoms with E-state index in [0.717, 1.165) is 40.9 Å². The van der Waals surface area contributed by atoms with Crippen molar-refractivity contribution in [1.82, 2.24) is 25.4 Å². The quantitative estimate of drug-likeness (QED) is 0.171. The van der Waals surface area contributed by atoms with Crippen LogP contribution in [0.2, 0.25) is 0 Å². The molecule has 0 bridgehead atoms. The first-order valence-electron chi connectivity index (χ1n) is 12.5. The number of anilines is 4. The summed E-state index contributed by atoms with van der Waals surface area (Å²) in [5.41, 5.74) is 3.52. The standard InChI is InChI=1S/C25H31N9O4S/c1-32(25-26-13-17(14-27-25)24(36)31-37)15-19-28-20-22(33(19)2)29-21(30-23(20)34-7-10-38-11-8-34)16-3-5-18(6-4-16)39-12-9-35/h3-6,13-14,19,28,35,37H,7-12,15H2,1-2H3,(H,31,36). The molecule has 0 radical (unpaired) electrons. The van der Waals surface area contributed by atoms with E-state index in [1.807, 2.05) is 43.3 Å². The molecule has 4 N–H and O–H groups in total. The first kappa shape index (κ1) is 26.9. The van der Waals surface area contributed by atoms with E-state index in [0.29, 0.717) is 37.3 Å². The van der Waals surface area contributed by atoms with Crippen LogP contribution < -0.4 is 25.5 Å². The Labute approximate surface area is 230 Å². The molecule has 2 aliphatic rings. The third kappa shape index (κ3) is 5.83. The van der Waals surface area contributed by atoms with Gasteiger partial charge in [0.2, 0.25) is 5.95 Å². The molecule has 1 saturated heterocycles. The van der Waals surface area contributed by atoms with Gasteiger partial charge in [-0.05, 0) is 12.1 Å². The molecule has 5 rings (SSSR count). The molecule has 1 fully saturated rings. The number of amides is 1. The summed E-state index contributed by atoms with van der Waals surface area (Å²) in [4.78, 5) is 37.3. The number of ether oxygens (including phenoxy) is 1. The summed E-state index contributed by atoms with van der Waals surface area (Å²) in [6.07, 6.45) is 2.59. The van der Waals surface area contributed by atoms with Crippen LogP contribution in [0, 0.1) is 0 Å². The molecule has 2 aliphatic heterocycles. The highest BCUT2D eigenvalue weighted by atomic mass is 32.2. The van der Waals surface area contributed by atoms with E-state index in [2.05, 4.69) is 25.1 Å². The van der Waals surface area contributed by atoms with Gasteiger partial charge in [0.05, 0.1) is 31.9 Å². The number of carbonyl (C=O) groups is 1. The Morgan fingerprint density at radius 3 is 2.54 bits per heavy atom. The number of likely N-dealkylation sites (N-methyl/N-ethyl adjacent to an activating group) is 2. The van der Waals surface area contributed by atoms with Crippen molar-refractivity contribution in [2.45, 2.75) is 11.1 Å². The van der Waals surface area contributed by atoms with Crippen molar-refractivity contribution >= 4 is 40.9 Å². The van der Waals surface area contributed by atoms with E-state index in [-0.39, 0.29) is 18.3 Å². The van der Waals surface area contributed by atoms with E-state index >= 15 is 0 Å². The highest BCUT2D eigenvalue weighted by Gasteiger charge is 2.34. The summed E-state index contributed by atoms with van der Waals surface area (Å²) >= 11 is 1.60. The highest BCUT2D eigenvalue weighted by molar-refractivity contribution is 7.99. The van der Waals surface area contributed by atoms with Gasteiger partial charge in [-0.2, -0.15) is 0 Å². The number of aromatic nitrogens is 4. The number of benzene rings is 1. The van der Waals surface area contributed by atoms with E-state index in [9.17, 15) is 4.79 Å². The average molecular weight is 554 g/mol. The predicted octanol–water partition coefficient (Wildman–Crippen LogP) is 1.30. The summed E-state index contributed by atoms with van der Waals surface area (Å²) in [5.74, 6) is 2.70. The molecule has 206 valence electrons. The van der Waals surface area contributed by atoms with Gasteiger partial charge in [-0.15, -0.1) is 11.8 Å². The van der Waals surface area contributed by atoms with E-state index in [1.54, 1.807) is 17.2 Å². The number of nitrogens with zero attached hydrogens (tertiary/aromatic N) is 7. The van der Waals surface area contributed by atoms with Crippen LogP contribution in [0.4, 0.5) is 23.3 Å². The van der Waals surface area contributed by atoms with Gasteiger partial charge >= 0.3 is 0 Å². The Morgan fingerprint density at radius 1 is 1.18 bits per heavy atom. The molecular weight excluding hydrogens is 522 g/mol. The van der Waals surface area contributed by atoms with Gasteiger partial charge < -0.3 is 29.9 Å². The van der Waals surface area contributed by atoms with Crippen LogP contribution in [0.1, 0.15) is 10.4 Å². The maximum atomic E-state index is 11.6. The molecule has 4 heterocycles. The minimum Gasteiger partial charge on any atom is -0.396 e. The molecule has 2 aromatic heterocycles. The molecule has 1 amide bonds. The lowest BCUT2D eigenvalue weighted by Gasteiger charge is -2.29. The van der Waals surface area contributed by atoms with Crippen LogP contribution in [0.15, 0.2) is 41.6 Å². The second-order valence-corrected chi connectivity index (χ2v) is 10.3. The topological polar surface area (TPSA) is 152 Å². The van der Waals surface area contributed by atoms with Crippen LogP contribution in [-0.2, 0) is 4.74 Å². The van der Waals surface area contributed by atoms with Gasteiger partial charge in [-0.1, -0.05) is 12.1 Å². The van der Waals surface area contributed by atoms with Crippen molar-refractivity contribution in [3.63, 3.8) is 0 Å². The Hall–Kier alpha value is -3.72. The maximum Gasteiger partial charge on any atom is 0.277 e. The maximum absolute atomic E-state index is 11.6. The zero-order valence-corrected chi connectivity index (χ0v) is 22.6. The van der Waals surface area contributed by atoms with Crippen LogP contribution >= 0.6 is 11.8 Å². The van der Waals surface area contributed by atoms with Gasteiger partial charge in [-0.25, -0.2) is 25.4 Å². The highest BCUT2D eigenvalue weighted by Crippen LogP contribution is 2.41. The number of aliphatic hydroxyl groups is 1. The minimum absolute atomic E-state index is 0.136. The third-order valence-corrected chi connectivity index (χ3v) is 7.55. The molecule has 3 aromatic rings. The van der Waals surface area contributed by atoms with Crippen molar-refractivity contribution in [3.8, 4) is 11.4 Å². The van der Waals surface area contributed by atoms with Crippen molar-refractivity contribution in [3.05, 3.63) is 42.2 Å². The largest absolute Gasteiger partial charge is 0.396 e. The third-order valence-electron chi connectivity index (χ3n) is 6.56. The molecule has 0 spiro atoms. The number of hydrogen-bond acceptors (Lipinski definition) is 13. The predicted molar refractivity (Wildman–Crippen MR) is 149 cm³/mol. The lowest BCUT2D eigenvalue weighted by atomic mass is 10.2. The number of fused-ring (bicyclic) bond motifs is 1. The van der Waals surface area contributed by atoms with E-state index in [4.69, 9.17) is 25.0 Å². The number of hydroxylamine groups is 1. The molecular formula is C25H31N9O4S. The van der Waals surface area contributed by atoms with E-state index in [1.165, 1.54) is 12.4 Å². The van der Waals surface area contributed by atoms with Crippen molar-refractivity contribution in [2.24, 2.45) is 0 Å². The fourth-order valence-electron chi connectivity index (χ4n) is 4.44. The molecule has 0 aliphatic carbocycles. The van der Waals surface area contributed by atoms with Crippen LogP contribution in [0.5, 0.6) is 0 Å². The summed E-state index contributed by atoms with van der Waals surface area (Å²) in [6.45, 7) is 3.39. The Balaban J connectivity index is 1.40. The fourth-order valence-corrected chi connectivity index (χ4v) is 5.09. The Morgan fingerprint density at radius 2 is 1.87 bits per heavy atom. The molecule has 0 saturated carbocycles. The first-order chi connectivity index (χ1) is 19.0. The van der Waals surface area contributed by atoms with Gasteiger partial charge in [0.1, 0.15) is 11.9 Å². The molecule has 1 unspecified atom stereocenters. The van der Waals surface area contributed by atoms with Crippen LogP contribution in [0.25, 0.3) is 11.4 Å². The van der Waals surface area contributed by atoms with Crippen molar-refractivity contribution in [1.29, 1.82) is 0 Å². The molecule has 13 nitrogen and oxygen atoms in total. The Kier molecular flexibility index (Phi) is 8.26. The van der Waals surface area contributed by atoms with Gasteiger partial charge in [0.25, 0.3) is 5.91 Å². The van der Waals surface area contributed by atoms with Gasteiger partial charge in [0.15, 0.2) is 17.5 Å². The summed E-state index contributed by atoms with van der Waals surface area (Å²) in [7, 11) is 3.86. The number of carbonyl (C=O) groups excluding carboxylic acids is 1. The molecule has 1 atom stereocenters. The number of rotatable bonds is 9. The smallest absolute Gasteiger partial charge is 0.277 e. The van der Waals surface area contributed by atoms with Gasteiger partial charge in [0, 0.05) is 55.8 Å². The Bertz CT molecular complexity index is 1290. The number of hydrogen-bond donors (Lipinski definition) is 4. The number of aliphatic hydroxyl groups excluding tert-OH is 1. The zero-order valence-electron chi connectivity index (χ0n) is 21.7. The summed E-state index contributed by atoms with van der Waals surface area (Å²) in [6, 6.07) is 8.07. The van der Waals surface area contributed by atoms with Crippen LogP contribution in [0.3, 0.4) is 0 Å². The second-order valence-electron chi connectivity index (χ2n) is 9.13. The number of thioether (sulfide) groups is 1. The summed E-state index contributed by atoms with van der Waals surface area (Å²) in [5, 5.41) is 21.5. The van der Waals surface area contributed by atoms with Crippen molar-refractivity contribution in [2.75, 3.05) is 79.3 Å². The second kappa shape index (κ2) is 12.0. The van der Waals surface area contributed by atoms with Crippen LogP contribution in [-0.4, -0.2) is 102 Å². The molecule has 1 aromatic carbocycles. The molecule has 14 heteroatoms. The summed E-state index contributed by atoms with van der Waals surface area (Å²) < 4.78 is 5.58. The monoisotopic (exact) mass is 553 g/mol. The number of morpholine rings is 1. The van der Waals surface area contributed by atoms with E-state index < -0.39 is 5.91 Å². The molecule has 39 heavy (non-hydrogen) atoms. The normalized spacial score (nSPS) is 16.6. The lowest BCUT2D eigenvalue weighted by Crippen LogP contribution is -2.43.